The highest BCUT2D eigenvalue weighted by molar-refractivity contribution is 6.25. The molecule has 0 aromatic heterocycles. The van der Waals surface area contributed by atoms with E-state index in [9.17, 15) is 19.2 Å². The molecule has 0 radical (unpaired) electrons. The summed E-state index contributed by atoms with van der Waals surface area (Å²) in [6.45, 7) is 3.28. The Morgan fingerprint density at radius 1 is 1.31 bits per heavy atom. The standard InChI is InChI=1S/C19H22N4O6/c1-4-5-11(24)23-10-6-22-14-12(16(26)13(20)8(2)15(14)25)9(7-29-18(21)27)19(22,28-3)17(10)23/h4-5,9-10,17H,6-7,20H2,1-3H3,(H2,21,27)/b5-4+/t9-,10+,17+,19-,23?/m1/s1. The summed E-state index contributed by atoms with van der Waals surface area (Å²) in [4.78, 5) is 53.1. The van der Waals surface area contributed by atoms with Gasteiger partial charge in [-0.25, -0.2) is 4.79 Å². The van der Waals surface area contributed by atoms with Gasteiger partial charge in [-0.3, -0.25) is 14.4 Å². The van der Waals surface area contributed by atoms with Crippen molar-refractivity contribution in [3.8, 4) is 0 Å². The van der Waals surface area contributed by atoms with Gasteiger partial charge in [0.2, 0.25) is 17.5 Å². The molecule has 0 saturated carbocycles. The van der Waals surface area contributed by atoms with Crippen LogP contribution in [-0.2, 0) is 23.9 Å². The minimum Gasteiger partial charge on any atom is -0.449 e. The first kappa shape index (κ1) is 19.2. The number of hydrogen-bond acceptors (Lipinski definition) is 8. The van der Waals surface area contributed by atoms with Crippen molar-refractivity contribution in [2.75, 3.05) is 20.3 Å². The highest BCUT2D eigenvalue weighted by Gasteiger charge is 2.77. The van der Waals surface area contributed by atoms with Gasteiger partial charge in [-0.1, -0.05) is 6.08 Å². The highest BCUT2D eigenvalue weighted by Crippen LogP contribution is 2.59. The molecular weight excluding hydrogens is 380 g/mol. The first-order valence-corrected chi connectivity index (χ1v) is 9.22. The molecule has 4 rings (SSSR count). The summed E-state index contributed by atoms with van der Waals surface area (Å²) in [5, 5.41) is 0. The largest absolute Gasteiger partial charge is 0.449 e. The minimum absolute atomic E-state index is 0.139. The number of rotatable bonds is 4. The molecule has 3 heterocycles. The number of nitrogens with two attached hydrogens (primary N) is 2. The summed E-state index contributed by atoms with van der Waals surface area (Å²) in [6.07, 6.45) is 2.07. The SMILES string of the molecule is C/C=C/C(=O)N1[C@H]2[C@@H]1CN1C3=C(C(=O)C(N)=C(C)C3=O)[C@@H](COC(N)=O)[C@@]21OC. The minimum atomic E-state index is -1.22. The lowest BCUT2D eigenvalue weighted by atomic mass is 9.82. The van der Waals surface area contributed by atoms with Crippen LogP contribution in [0.1, 0.15) is 13.8 Å². The van der Waals surface area contributed by atoms with Gasteiger partial charge < -0.3 is 30.7 Å². The Morgan fingerprint density at radius 3 is 2.59 bits per heavy atom. The fourth-order valence-electron chi connectivity index (χ4n) is 5.01. The molecule has 0 unspecified atom stereocenters. The number of ketones is 2. The van der Waals surface area contributed by atoms with Crippen LogP contribution >= 0.6 is 0 Å². The summed E-state index contributed by atoms with van der Waals surface area (Å²) in [7, 11) is 1.44. The van der Waals surface area contributed by atoms with Crippen molar-refractivity contribution in [2.45, 2.75) is 31.7 Å². The van der Waals surface area contributed by atoms with E-state index in [1.165, 1.54) is 20.1 Å². The van der Waals surface area contributed by atoms with E-state index in [-0.39, 0.29) is 46.9 Å². The van der Waals surface area contributed by atoms with Crippen molar-refractivity contribution in [3.05, 3.63) is 34.7 Å². The zero-order valence-electron chi connectivity index (χ0n) is 16.3. The number of methoxy groups -OCH3 is 1. The van der Waals surface area contributed by atoms with E-state index >= 15 is 0 Å². The van der Waals surface area contributed by atoms with Crippen LogP contribution in [0.2, 0.25) is 0 Å². The second-order valence-electron chi connectivity index (χ2n) is 7.47. The van der Waals surface area contributed by atoms with Gasteiger partial charge in [0.05, 0.1) is 23.4 Å². The topological polar surface area (TPSA) is 145 Å². The fourth-order valence-corrected chi connectivity index (χ4v) is 5.01. The number of hydrogen-bond donors (Lipinski definition) is 2. The zero-order chi connectivity index (χ0) is 21.2. The van der Waals surface area contributed by atoms with Gasteiger partial charge in [0, 0.05) is 24.8 Å². The van der Waals surface area contributed by atoms with Crippen molar-refractivity contribution < 1.29 is 28.7 Å². The molecular formula is C19H22N4O6. The van der Waals surface area contributed by atoms with E-state index in [2.05, 4.69) is 0 Å². The van der Waals surface area contributed by atoms with Gasteiger partial charge >= 0.3 is 6.09 Å². The van der Waals surface area contributed by atoms with Crippen molar-refractivity contribution in [1.29, 1.82) is 0 Å². The Labute approximate surface area is 166 Å². The van der Waals surface area contributed by atoms with Gasteiger partial charge in [0.25, 0.3) is 0 Å². The molecule has 4 aliphatic rings. The van der Waals surface area contributed by atoms with Crippen LogP contribution in [0, 0.1) is 5.92 Å². The van der Waals surface area contributed by atoms with Crippen molar-refractivity contribution in [3.63, 3.8) is 0 Å². The van der Waals surface area contributed by atoms with Gasteiger partial charge in [-0.2, -0.15) is 0 Å². The molecule has 2 fully saturated rings. The maximum Gasteiger partial charge on any atom is 0.404 e. The lowest BCUT2D eigenvalue weighted by Crippen LogP contribution is -2.56. The number of ether oxygens (including phenoxy) is 2. The van der Waals surface area contributed by atoms with Crippen molar-refractivity contribution in [2.24, 2.45) is 17.4 Å². The van der Waals surface area contributed by atoms with Crippen LogP contribution in [0.3, 0.4) is 0 Å². The van der Waals surface area contributed by atoms with Crippen LogP contribution in [0.25, 0.3) is 0 Å². The number of nitrogens with zero attached hydrogens (tertiary/aromatic N) is 2. The van der Waals surface area contributed by atoms with E-state index in [1.807, 2.05) is 0 Å². The third-order valence-electron chi connectivity index (χ3n) is 6.25. The van der Waals surface area contributed by atoms with E-state index in [4.69, 9.17) is 20.9 Å². The second-order valence-corrected chi connectivity index (χ2v) is 7.47. The van der Waals surface area contributed by atoms with Gasteiger partial charge in [-0.15, -0.1) is 0 Å². The summed E-state index contributed by atoms with van der Waals surface area (Å²) < 4.78 is 10.9. The molecule has 29 heavy (non-hydrogen) atoms. The van der Waals surface area contributed by atoms with Crippen LogP contribution < -0.4 is 11.5 Å². The Balaban J connectivity index is 1.81. The van der Waals surface area contributed by atoms with Crippen molar-refractivity contribution >= 4 is 23.6 Å². The first-order valence-electron chi connectivity index (χ1n) is 9.22. The monoisotopic (exact) mass is 402 g/mol. The second kappa shape index (κ2) is 6.18. The van der Waals surface area contributed by atoms with E-state index in [0.29, 0.717) is 6.54 Å². The Bertz CT molecular complexity index is 950. The number of fused-ring (bicyclic) bond motifs is 4. The molecule has 2 saturated heterocycles. The molecule has 0 bridgehead atoms. The smallest absolute Gasteiger partial charge is 0.404 e. The third-order valence-corrected chi connectivity index (χ3v) is 6.25. The number of carbonyl (C=O) groups excluding carboxylic acids is 4. The molecule has 1 aliphatic carbocycles. The molecule has 4 N–H and O–H groups in total. The van der Waals surface area contributed by atoms with Gasteiger partial charge in [0.1, 0.15) is 12.6 Å². The average Bonchev–Trinajstić information content (AvgIpc) is 3.19. The Kier molecular flexibility index (Phi) is 4.09. The van der Waals surface area contributed by atoms with Crippen LogP contribution in [0.4, 0.5) is 4.79 Å². The van der Waals surface area contributed by atoms with E-state index in [1.54, 1.807) is 22.8 Å². The first-order chi connectivity index (χ1) is 13.7. The lowest BCUT2D eigenvalue weighted by Gasteiger charge is -2.40. The molecule has 0 aromatic carbocycles. The predicted octanol–water partition coefficient (Wildman–Crippen LogP) is -0.836. The number of Topliss-reactive ketones (excluding diaryl/α,β-unsaturated/α-hetero) is 2. The Morgan fingerprint density at radius 2 is 2.00 bits per heavy atom. The van der Waals surface area contributed by atoms with E-state index < -0.39 is 29.6 Å². The van der Waals surface area contributed by atoms with Crippen LogP contribution in [0.15, 0.2) is 34.7 Å². The summed E-state index contributed by atoms with van der Waals surface area (Å²) in [5.41, 5.74) is 10.2. The number of amides is 2. The maximum atomic E-state index is 13.0. The Hall–Kier alpha value is -3.14. The van der Waals surface area contributed by atoms with Crippen LogP contribution in [-0.4, -0.2) is 71.4 Å². The van der Waals surface area contributed by atoms with Gasteiger partial charge in [-0.05, 0) is 19.9 Å². The zero-order valence-corrected chi connectivity index (χ0v) is 16.3. The van der Waals surface area contributed by atoms with Gasteiger partial charge in [0.15, 0.2) is 5.72 Å². The maximum absolute atomic E-state index is 13.0. The molecule has 10 nitrogen and oxygen atoms in total. The number of carbonyl (C=O) groups is 4. The number of primary amides is 1. The molecule has 0 aromatic rings. The lowest BCUT2D eigenvalue weighted by molar-refractivity contribution is -0.151. The summed E-state index contributed by atoms with van der Waals surface area (Å²) in [6, 6.07) is -0.597. The number of piperazine rings is 1. The molecule has 3 aliphatic heterocycles. The van der Waals surface area contributed by atoms with E-state index in [0.717, 1.165) is 0 Å². The quantitative estimate of drug-likeness (QED) is 0.352. The normalized spacial score (nSPS) is 32.7. The summed E-state index contributed by atoms with van der Waals surface area (Å²) in [5.74, 6) is -1.88. The molecule has 0 spiro atoms. The molecule has 2 amide bonds. The third kappa shape index (κ3) is 2.26. The number of allylic oxidation sites excluding steroid dienone is 3. The van der Waals surface area contributed by atoms with Crippen LogP contribution in [0.5, 0.6) is 0 Å². The molecule has 154 valence electrons. The van der Waals surface area contributed by atoms with Crippen molar-refractivity contribution in [1.82, 2.24) is 9.80 Å². The average molecular weight is 402 g/mol. The molecule has 4 atom stereocenters. The highest BCUT2D eigenvalue weighted by atomic mass is 16.6. The fraction of sp³-hybridized carbons (Fsp3) is 0.474. The summed E-state index contributed by atoms with van der Waals surface area (Å²) >= 11 is 0. The molecule has 10 heteroatoms. The predicted molar refractivity (Wildman–Crippen MR) is 98.6 cm³/mol.